The predicted molar refractivity (Wildman–Crippen MR) is 124 cm³/mol. The summed E-state index contributed by atoms with van der Waals surface area (Å²) in [7, 11) is 8.00. The molecule has 0 bridgehead atoms. The molecule has 0 saturated carbocycles. The Balaban J connectivity index is 2.01. The highest BCUT2D eigenvalue weighted by atomic mass is 32.1. The van der Waals surface area contributed by atoms with Crippen LogP contribution in [-0.2, 0) is 6.42 Å². The molecular formula is C23H25N3O5S. The van der Waals surface area contributed by atoms with Gasteiger partial charge in [0.2, 0.25) is 10.7 Å². The molecule has 4 aromatic rings. The zero-order chi connectivity index (χ0) is 22.8. The van der Waals surface area contributed by atoms with E-state index in [0.29, 0.717) is 28.7 Å². The van der Waals surface area contributed by atoms with Gasteiger partial charge < -0.3 is 23.7 Å². The number of ether oxygens (including phenoxy) is 5. The lowest BCUT2D eigenvalue weighted by atomic mass is 10.0. The summed E-state index contributed by atoms with van der Waals surface area (Å²) in [5.74, 6) is 2.91. The summed E-state index contributed by atoms with van der Waals surface area (Å²) in [5, 5.41) is 5.79. The number of aromatic nitrogens is 3. The van der Waals surface area contributed by atoms with Crippen molar-refractivity contribution in [2.24, 2.45) is 0 Å². The van der Waals surface area contributed by atoms with Crippen LogP contribution in [-0.4, -0.2) is 50.1 Å². The van der Waals surface area contributed by atoms with Gasteiger partial charge in [-0.05, 0) is 36.8 Å². The Bertz CT molecular complexity index is 1240. The molecule has 2 aromatic heterocycles. The van der Waals surface area contributed by atoms with E-state index in [9.17, 15) is 0 Å². The van der Waals surface area contributed by atoms with E-state index in [-0.39, 0.29) is 0 Å². The van der Waals surface area contributed by atoms with Gasteiger partial charge >= 0.3 is 0 Å². The summed E-state index contributed by atoms with van der Waals surface area (Å²) in [6.45, 7) is 2.08. The van der Waals surface area contributed by atoms with Crippen LogP contribution in [0.3, 0.4) is 0 Å². The fourth-order valence-electron chi connectivity index (χ4n) is 3.59. The second kappa shape index (κ2) is 8.96. The monoisotopic (exact) mass is 455 g/mol. The molecule has 0 atom stereocenters. The van der Waals surface area contributed by atoms with E-state index in [1.54, 1.807) is 46.9 Å². The van der Waals surface area contributed by atoms with Crippen molar-refractivity contribution in [3.63, 3.8) is 0 Å². The van der Waals surface area contributed by atoms with E-state index >= 15 is 0 Å². The number of benzene rings is 2. The SMILES string of the molecule is CCc1nn2c(-c3ccc(OC)c(OC)c3)c(-c3cc(OC)c(OC)c(OC)c3)nc2s1. The number of aryl methyl sites for hydroxylation is 1. The molecular weight excluding hydrogens is 430 g/mol. The lowest BCUT2D eigenvalue weighted by Crippen LogP contribution is -1.97. The molecule has 0 radical (unpaired) electrons. The lowest BCUT2D eigenvalue weighted by Gasteiger charge is -2.14. The minimum atomic E-state index is 0.527. The van der Waals surface area contributed by atoms with Crippen LogP contribution < -0.4 is 23.7 Å². The third kappa shape index (κ3) is 3.58. The Morgan fingerprint density at radius 1 is 0.781 bits per heavy atom. The van der Waals surface area contributed by atoms with Crippen molar-refractivity contribution in [3.8, 4) is 51.3 Å². The van der Waals surface area contributed by atoms with Crippen molar-refractivity contribution in [2.45, 2.75) is 13.3 Å². The Morgan fingerprint density at radius 3 is 1.97 bits per heavy atom. The van der Waals surface area contributed by atoms with Crippen LogP contribution in [0, 0.1) is 0 Å². The molecule has 0 unspecified atom stereocenters. The van der Waals surface area contributed by atoms with Gasteiger partial charge in [0.05, 0.1) is 35.5 Å². The van der Waals surface area contributed by atoms with E-state index in [2.05, 4.69) is 6.92 Å². The molecule has 0 aliphatic heterocycles. The Kier molecular flexibility index (Phi) is 6.09. The van der Waals surface area contributed by atoms with Gasteiger partial charge in [0.1, 0.15) is 16.4 Å². The second-order valence-corrected chi connectivity index (χ2v) is 7.88. The van der Waals surface area contributed by atoms with Gasteiger partial charge in [-0.1, -0.05) is 18.3 Å². The average molecular weight is 456 g/mol. The van der Waals surface area contributed by atoms with Crippen LogP contribution in [0.4, 0.5) is 0 Å². The predicted octanol–water partition coefficient (Wildman–Crippen LogP) is 4.73. The Morgan fingerprint density at radius 2 is 1.41 bits per heavy atom. The molecule has 2 heterocycles. The number of hydrogen-bond acceptors (Lipinski definition) is 8. The van der Waals surface area contributed by atoms with Crippen LogP contribution in [0.5, 0.6) is 28.7 Å². The summed E-state index contributed by atoms with van der Waals surface area (Å²) < 4.78 is 29.4. The minimum Gasteiger partial charge on any atom is -0.493 e. The zero-order valence-electron chi connectivity index (χ0n) is 18.9. The zero-order valence-corrected chi connectivity index (χ0v) is 19.7. The number of rotatable bonds is 8. The first-order valence-electron chi connectivity index (χ1n) is 9.99. The molecule has 0 fully saturated rings. The Hall–Kier alpha value is -3.46. The van der Waals surface area contributed by atoms with Crippen molar-refractivity contribution in [1.82, 2.24) is 14.6 Å². The van der Waals surface area contributed by atoms with Gasteiger partial charge in [0.15, 0.2) is 23.0 Å². The van der Waals surface area contributed by atoms with E-state index < -0.39 is 0 Å². The van der Waals surface area contributed by atoms with Gasteiger partial charge in [0, 0.05) is 11.1 Å². The van der Waals surface area contributed by atoms with Gasteiger partial charge in [-0.3, -0.25) is 0 Å². The highest BCUT2D eigenvalue weighted by Gasteiger charge is 2.23. The maximum Gasteiger partial charge on any atom is 0.213 e. The molecule has 0 N–H and O–H groups in total. The minimum absolute atomic E-state index is 0.527. The van der Waals surface area contributed by atoms with Crippen LogP contribution in [0.15, 0.2) is 30.3 Å². The van der Waals surface area contributed by atoms with Gasteiger partial charge in [-0.25, -0.2) is 9.50 Å². The molecule has 0 amide bonds. The van der Waals surface area contributed by atoms with E-state index in [1.807, 2.05) is 34.8 Å². The normalized spacial score (nSPS) is 10.9. The molecule has 0 saturated heterocycles. The number of hydrogen-bond donors (Lipinski definition) is 0. The summed E-state index contributed by atoms with van der Waals surface area (Å²) in [6.07, 6.45) is 0.832. The summed E-state index contributed by atoms with van der Waals surface area (Å²) in [5.41, 5.74) is 3.30. The van der Waals surface area contributed by atoms with E-state index in [0.717, 1.165) is 38.9 Å². The maximum atomic E-state index is 5.56. The average Bonchev–Trinajstić information content (AvgIpc) is 3.40. The van der Waals surface area contributed by atoms with Gasteiger partial charge in [-0.2, -0.15) is 5.10 Å². The quantitative estimate of drug-likeness (QED) is 0.380. The molecule has 8 nitrogen and oxygen atoms in total. The molecule has 2 aromatic carbocycles. The first kappa shape index (κ1) is 21.8. The fraction of sp³-hybridized carbons (Fsp3) is 0.304. The first-order chi connectivity index (χ1) is 15.6. The Labute approximate surface area is 190 Å². The number of methoxy groups -OCH3 is 5. The van der Waals surface area contributed by atoms with Crippen molar-refractivity contribution in [1.29, 1.82) is 0 Å². The maximum absolute atomic E-state index is 5.56. The van der Waals surface area contributed by atoms with Crippen molar-refractivity contribution < 1.29 is 23.7 Å². The number of imidazole rings is 1. The fourth-order valence-corrected chi connectivity index (χ4v) is 4.43. The summed E-state index contributed by atoms with van der Waals surface area (Å²) in [6, 6.07) is 9.54. The van der Waals surface area contributed by atoms with Crippen LogP contribution in [0.25, 0.3) is 27.5 Å². The molecule has 9 heteroatoms. The topological polar surface area (TPSA) is 76.3 Å². The van der Waals surface area contributed by atoms with Gasteiger partial charge in [0.25, 0.3) is 0 Å². The molecule has 168 valence electrons. The third-order valence-electron chi connectivity index (χ3n) is 5.14. The second-order valence-electron chi connectivity index (χ2n) is 6.84. The van der Waals surface area contributed by atoms with Crippen LogP contribution in [0.2, 0.25) is 0 Å². The molecule has 0 aliphatic rings. The first-order valence-corrected chi connectivity index (χ1v) is 10.8. The molecule has 0 spiro atoms. The third-order valence-corrected chi connectivity index (χ3v) is 6.20. The van der Waals surface area contributed by atoms with Crippen molar-refractivity contribution in [3.05, 3.63) is 35.3 Å². The summed E-state index contributed by atoms with van der Waals surface area (Å²) >= 11 is 1.56. The standard InChI is InChI=1S/C23H25N3O5S/c1-7-19-25-26-21(13-8-9-15(27-2)16(10-13)28-3)20(24-23(26)32-19)14-11-17(29-4)22(31-6)18(12-14)30-5/h8-12H,7H2,1-6H3. The summed E-state index contributed by atoms with van der Waals surface area (Å²) in [4.78, 5) is 5.73. The molecule has 0 aliphatic carbocycles. The van der Waals surface area contributed by atoms with Gasteiger partial charge in [-0.15, -0.1) is 0 Å². The van der Waals surface area contributed by atoms with Crippen molar-refractivity contribution >= 4 is 16.3 Å². The highest BCUT2D eigenvalue weighted by molar-refractivity contribution is 7.16. The largest absolute Gasteiger partial charge is 0.493 e. The smallest absolute Gasteiger partial charge is 0.213 e. The lowest BCUT2D eigenvalue weighted by molar-refractivity contribution is 0.324. The highest BCUT2D eigenvalue weighted by Crippen LogP contribution is 2.44. The van der Waals surface area contributed by atoms with E-state index in [4.69, 9.17) is 33.8 Å². The number of fused-ring (bicyclic) bond motifs is 1. The molecule has 32 heavy (non-hydrogen) atoms. The molecule has 4 rings (SSSR count). The van der Waals surface area contributed by atoms with Crippen LogP contribution >= 0.6 is 11.3 Å². The van der Waals surface area contributed by atoms with Crippen LogP contribution in [0.1, 0.15) is 11.9 Å². The van der Waals surface area contributed by atoms with E-state index in [1.165, 1.54) is 0 Å². The number of nitrogens with zero attached hydrogens (tertiary/aromatic N) is 3. The van der Waals surface area contributed by atoms with Crippen molar-refractivity contribution in [2.75, 3.05) is 35.5 Å².